The number of hydrogen-bond donors (Lipinski definition) is 1. The monoisotopic (exact) mass is 418 g/mol. The Labute approximate surface area is 183 Å². The molecule has 1 aromatic heterocycles. The molecule has 31 heavy (non-hydrogen) atoms. The molecule has 0 unspecified atom stereocenters. The molecule has 1 N–H and O–H groups in total. The summed E-state index contributed by atoms with van der Waals surface area (Å²) in [4.78, 5) is 18.7. The van der Waals surface area contributed by atoms with Gasteiger partial charge in [0.15, 0.2) is 5.43 Å². The number of H-pyrrole nitrogens is 1. The molecule has 2 aromatic carbocycles. The molecular formula is C26H30N2O3. The van der Waals surface area contributed by atoms with Gasteiger partial charge >= 0.3 is 0 Å². The van der Waals surface area contributed by atoms with Crippen LogP contribution in [0.4, 0.5) is 0 Å². The van der Waals surface area contributed by atoms with Crippen LogP contribution in [-0.2, 0) is 24.2 Å². The van der Waals surface area contributed by atoms with E-state index < -0.39 is 0 Å². The molecule has 3 aromatic rings. The predicted molar refractivity (Wildman–Crippen MR) is 123 cm³/mol. The number of aromatic amines is 1. The number of rotatable bonds is 5. The zero-order valence-electron chi connectivity index (χ0n) is 18.2. The van der Waals surface area contributed by atoms with Crippen molar-refractivity contribution in [1.29, 1.82) is 0 Å². The Morgan fingerprint density at radius 1 is 1.13 bits per heavy atom. The summed E-state index contributed by atoms with van der Waals surface area (Å²) in [6.45, 7) is 7.05. The Balaban J connectivity index is 1.26. The van der Waals surface area contributed by atoms with Crippen molar-refractivity contribution in [2.75, 3.05) is 26.4 Å². The van der Waals surface area contributed by atoms with Gasteiger partial charge in [-0.3, -0.25) is 9.69 Å². The lowest BCUT2D eigenvalue weighted by atomic mass is 9.98. The fourth-order valence-corrected chi connectivity index (χ4v) is 4.71. The second-order valence-electron chi connectivity index (χ2n) is 8.86. The summed E-state index contributed by atoms with van der Waals surface area (Å²) >= 11 is 0. The molecule has 0 radical (unpaired) electrons. The molecule has 0 bridgehead atoms. The third-order valence-electron chi connectivity index (χ3n) is 6.73. The minimum absolute atomic E-state index is 0.132. The fourth-order valence-electron chi connectivity index (χ4n) is 4.71. The molecule has 162 valence electrons. The van der Waals surface area contributed by atoms with E-state index in [2.05, 4.69) is 28.1 Å². The quantitative estimate of drug-likeness (QED) is 0.675. The van der Waals surface area contributed by atoms with Crippen LogP contribution in [0.5, 0.6) is 5.75 Å². The molecule has 2 aliphatic heterocycles. The van der Waals surface area contributed by atoms with Gasteiger partial charge in [-0.25, -0.2) is 0 Å². The minimum Gasteiger partial charge on any atom is -0.493 e. The van der Waals surface area contributed by atoms with Crippen molar-refractivity contribution in [1.82, 2.24) is 9.88 Å². The van der Waals surface area contributed by atoms with Crippen LogP contribution in [0.15, 0.2) is 47.3 Å². The highest BCUT2D eigenvalue weighted by Gasteiger charge is 2.20. The van der Waals surface area contributed by atoms with Gasteiger partial charge in [-0.2, -0.15) is 0 Å². The van der Waals surface area contributed by atoms with E-state index in [1.807, 2.05) is 31.2 Å². The van der Waals surface area contributed by atoms with Crippen molar-refractivity contribution in [3.63, 3.8) is 0 Å². The summed E-state index contributed by atoms with van der Waals surface area (Å²) in [5.41, 5.74) is 5.62. The second kappa shape index (κ2) is 8.85. The van der Waals surface area contributed by atoms with Crippen molar-refractivity contribution in [2.24, 2.45) is 5.92 Å². The highest BCUT2D eigenvalue weighted by Crippen LogP contribution is 2.26. The zero-order chi connectivity index (χ0) is 21.2. The first-order valence-electron chi connectivity index (χ1n) is 11.3. The Bertz CT molecular complexity index is 1130. The van der Waals surface area contributed by atoms with Crippen LogP contribution in [0.1, 0.15) is 35.2 Å². The van der Waals surface area contributed by atoms with Crippen LogP contribution in [0, 0.1) is 12.8 Å². The standard InChI is InChI=1S/C26H30N2O3/c1-18-25(27-24-5-3-2-4-23(24)26(18)29)16-28-11-8-20-14-22(7-6-21(20)15-28)31-17-19-9-12-30-13-10-19/h2-7,14,19H,8-13,15-17H2,1H3,(H,27,29). The summed E-state index contributed by atoms with van der Waals surface area (Å²) in [7, 11) is 0. The highest BCUT2D eigenvalue weighted by atomic mass is 16.5. The third kappa shape index (κ3) is 4.39. The number of benzene rings is 2. The lowest BCUT2D eigenvalue weighted by Gasteiger charge is -2.29. The van der Waals surface area contributed by atoms with Crippen molar-refractivity contribution >= 4 is 10.9 Å². The van der Waals surface area contributed by atoms with Crippen molar-refractivity contribution < 1.29 is 9.47 Å². The van der Waals surface area contributed by atoms with Crippen LogP contribution >= 0.6 is 0 Å². The maximum absolute atomic E-state index is 12.7. The van der Waals surface area contributed by atoms with Gasteiger partial charge in [0.05, 0.1) is 6.61 Å². The van der Waals surface area contributed by atoms with E-state index in [-0.39, 0.29) is 5.43 Å². The molecule has 1 fully saturated rings. The van der Waals surface area contributed by atoms with Gasteiger partial charge in [0, 0.05) is 55.0 Å². The summed E-state index contributed by atoms with van der Waals surface area (Å²) < 4.78 is 11.5. The van der Waals surface area contributed by atoms with Gasteiger partial charge in [0.2, 0.25) is 0 Å². The average molecular weight is 419 g/mol. The van der Waals surface area contributed by atoms with Crippen molar-refractivity contribution in [3.05, 3.63) is 75.1 Å². The van der Waals surface area contributed by atoms with E-state index >= 15 is 0 Å². The molecule has 0 atom stereocenters. The second-order valence-corrected chi connectivity index (χ2v) is 8.86. The first-order chi connectivity index (χ1) is 15.2. The van der Waals surface area contributed by atoms with Crippen LogP contribution in [0.3, 0.4) is 0 Å². The average Bonchev–Trinajstić information content (AvgIpc) is 2.81. The van der Waals surface area contributed by atoms with Gasteiger partial charge < -0.3 is 14.5 Å². The number of fused-ring (bicyclic) bond motifs is 2. The molecule has 5 heteroatoms. The van der Waals surface area contributed by atoms with Crippen LogP contribution in [-0.4, -0.2) is 36.2 Å². The van der Waals surface area contributed by atoms with Crippen LogP contribution in [0.25, 0.3) is 10.9 Å². The Hall–Kier alpha value is -2.63. The van der Waals surface area contributed by atoms with Gasteiger partial charge in [-0.05, 0) is 67.5 Å². The maximum Gasteiger partial charge on any atom is 0.192 e. The van der Waals surface area contributed by atoms with E-state index in [0.29, 0.717) is 5.92 Å². The molecule has 5 nitrogen and oxygen atoms in total. The summed E-state index contributed by atoms with van der Waals surface area (Å²) in [5.74, 6) is 1.58. The number of ether oxygens (including phenoxy) is 2. The zero-order valence-corrected chi connectivity index (χ0v) is 18.2. The summed E-state index contributed by atoms with van der Waals surface area (Å²) in [5, 5.41) is 0.765. The Morgan fingerprint density at radius 3 is 2.84 bits per heavy atom. The van der Waals surface area contributed by atoms with Gasteiger partial charge in [-0.1, -0.05) is 18.2 Å². The lowest BCUT2D eigenvalue weighted by molar-refractivity contribution is 0.0497. The predicted octanol–water partition coefficient (Wildman–Crippen LogP) is 4.20. The van der Waals surface area contributed by atoms with Crippen molar-refractivity contribution in [2.45, 2.75) is 39.3 Å². The molecule has 0 amide bonds. The van der Waals surface area contributed by atoms with Gasteiger partial charge in [0.1, 0.15) is 5.75 Å². The molecular weight excluding hydrogens is 388 g/mol. The van der Waals surface area contributed by atoms with E-state index in [9.17, 15) is 4.79 Å². The van der Waals surface area contributed by atoms with Gasteiger partial charge in [-0.15, -0.1) is 0 Å². The SMILES string of the molecule is Cc1c(CN2CCc3cc(OCC4CCOCC4)ccc3C2)[nH]c2ccccc2c1=O. The molecule has 0 saturated carbocycles. The first-order valence-corrected chi connectivity index (χ1v) is 11.3. The van der Waals surface area contributed by atoms with E-state index in [4.69, 9.17) is 9.47 Å². The molecule has 0 aliphatic carbocycles. The molecule has 5 rings (SSSR count). The minimum atomic E-state index is 0.132. The summed E-state index contributed by atoms with van der Waals surface area (Å²) in [6, 6.07) is 14.3. The fraction of sp³-hybridized carbons (Fsp3) is 0.423. The molecule has 1 saturated heterocycles. The molecule has 3 heterocycles. The number of pyridine rings is 1. The number of nitrogens with one attached hydrogen (secondary N) is 1. The number of para-hydroxylation sites is 1. The topological polar surface area (TPSA) is 54.6 Å². The number of nitrogens with zero attached hydrogens (tertiary/aromatic N) is 1. The lowest BCUT2D eigenvalue weighted by Crippen LogP contribution is -2.31. The first kappa shape index (κ1) is 20.3. The normalized spacial score (nSPS) is 17.6. The Morgan fingerprint density at radius 2 is 1.97 bits per heavy atom. The van der Waals surface area contributed by atoms with Gasteiger partial charge in [0.25, 0.3) is 0 Å². The van der Waals surface area contributed by atoms with E-state index in [0.717, 1.165) is 86.6 Å². The van der Waals surface area contributed by atoms with E-state index in [1.165, 1.54) is 11.1 Å². The number of hydrogen-bond acceptors (Lipinski definition) is 4. The summed E-state index contributed by atoms with van der Waals surface area (Å²) in [6.07, 6.45) is 3.19. The maximum atomic E-state index is 12.7. The van der Waals surface area contributed by atoms with Crippen molar-refractivity contribution in [3.8, 4) is 5.75 Å². The largest absolute Gasteiger partial charge is 0.493 e. The van der Waals surface area contributed by atoms with Crippen LogP contribution < -0.4 is 10.2 Å². The highest BCUT2D eigenvalue weighted by molar-refractivity contribution is 5.79. The molecule has 0 spiro atoms. The smallest absolute Gasteiger partial charge is 0.192 e. The Kier molecular flexibility index (Phi) is 5.79. The third-order valence-corrected chi connectivity index (χ3v) is 6.73. The van der Waals surface area contributed by atoms with E-state index in [1.54, 1.807) is 0 Å². The number of aromatic nitrogens is 1. The van der Waals surface area contributed by atoms with Crippen LogP contribution in [0.2, 0.25) is 0 Å². The molecule has 2 aliphatic rings.